The molecular formula is C11H19N3O6. The molecule has 0 aromatic rings. The number of aliphatic carboxylic acids is 2. The fourth-order valence-corrected chi connectivity index (χ4v) is 1.29. The average molecular weight is 289 g/mol. The van der Waals surface area contributed by atoms with Crippen molar-refractivity contribution in [1.29, 1.82) is 0 Å². The number of amides is 3. The van der Waals surface area contributed by atoms with E-state index < -0.39 is 36.3 Å². The second-order valence-corrected chi connectivity index (χ2v) is 4.52. The zero-order valence-corrected chi connectivity index (χ0v) is 11.5. The Hall–Kier alpha value is -2.32. The molecule has 4 N–H and O–H groups in total. The number of carbonyl (C=O) groups is 4. The van der Waals surface area contributed by atoms with Gasteiger partial charge in [-0.3, -0.25) is 9.59 Å². The standard InChI is InChI=1S/C11H19N3O6/c1-6(2)12-8(15)5-14(3)11(20)13-7(10(18)19)4-9(16)17/h6-7H,4-5H2,1-3H3,(H,12,15)(H,13,20)(H,16,17)(H,18,19)/t7-/m1/s1. The van der Waals surface area contributed by atoms with E-state index in [1.807, 2.05) is 5.32 Å². The molecule has 0 aliphatic rings. The van der Waals surface area contributed by atoms with E-state index >= 15 is 0 Å². The van der Waals surface area contributed by atoms with E-state index in [2.05, 4.69) is 5.32 Å². The van der Waals surface area contributed by atoms with Crippen LogP contribution in [0.25, 0.3) is 0 Å². The summed E-state index contributed by atoms with van der Waals surface area (Å²) < 4.78 is 0. The van der Waals surface area contributed by atoms with Gasteiger partial charge in [-0.05, 0) is 13.8 Å². The number of nitrogens with zero attached hydrogens (tertiary/aromatic N) is 1. The molecule has 0 rings (SSSR count). The maximum Gasteiger partial charge on any atom is 0.326 e. The Balaban J connectivity index is 4.45. The van der Waals surface area contributed by atoms with Crippen LogP contribution in [0.1, 0.15) is 20.3 Å². The first-order valence-corrected chi connectivity index (χ1v) is 5.89. The molecule has 1 atom stereocenters. The minimum absolute atomic E-state index is 0.0854. The fraction of sp³-hybridized carbons (Fsp3) is 0.636. The highest BCUT2D eigenvalue weighted by Crippen LogP contribution is 1.95. The minimum Gasteiger partial charge on any atom is -0.481 e. The smallest absolute Gasteiger partial charge is 0.326 e. The summed E-state index contributed by atoms with van der Waals surface area (Å²) in [5, 5.41) is 21.9. The van der Waals surface area contributed by atoms with Crippen LogP contribution < -0.4 is 10.6 Å². The number of likely N-dealkylation sites (N-methyl/N-ethyl adjacent to an activating group) is 1. The number of urea groups is 1. The topological polar surface area (TPSA) is 136 Å². The van der Waals surface area contributed by atoms with Crippen molar-refractivity contribution in [2.75, 3.05) is 13.6 Å². The zero-order chi connectivity index (χ0) is 15.9. The van der Waals surface area contributed by atoms with E-state index in [0.29, 0.717) is 0 Å². The van der Waals surface area contributed by atoms with Crippen LogP contribution in [0.4, 0.5) is 4.79 Å². The highest BCUT2D eigenvalue weighted by Gasteiger charge is 2.25. The Morgan fingerprint density at radius 2 is 1.65 bits per heavy atom. The van der Waals surface area contributed by atoms with Crippen molar-refractivity contribution in [2.24, 2.45) is 0 Å². The Morgan fingerprint density at radius 1 is 1.10 bits per heavy atom. The second-order valence-electron chi connectivity index (χ2n) is 4.52. The van der Waals surface area contributed by atoms with Crippen LogP contribution in [0, 0.1) is 0 Å². The van der Waals surface area contributed by atoms with Crippen LogP contribution in [0.3, 0.4) is 0 Å². The zero-order valence-electron chi connectivity index (χ0n) is 11.5. The van der Waals surface area contributed by atoms with Gasteiger partial charge in [0.25, 0.3) is 0 Å². The third kappa shape index (κ3) is 7.19. The Labute approximate surface area is 115 Å². The van der Waals surface area contributed by atoms with Crippen molar-refractivity contribution in [3.63, 3.8) is 0 Å². The number of carboxylic acid groups (broad SMARTS) is 2. The summed E-state index contributed by atoms with van der Waals surface area (Å²) in [4.78, 5) is 45.3. The van der Waals surface area contributed by atoms with Gasteiger partial charge in [0.1, 0.15) is 12.6 Å². The molecule has 9 heteroatoms. The normalized spacial score (nSPS) is 11.6. The first-order valence-electron chi connectivity index (χ1n) is 5.89. The molecule has 0 heterocycles. The van der Waals surface area contributed by atoms with E-state index in [0.717, 1.165) is 4.90 Å². The molecule has 0 aliphatic heterocycles. The van der Waals surface area contributed by atoms with Crippen molar-refractivity contribution in [1.82, 2.24) is 15.5 Å². The maximum atomic E-state index is 11.6. The third-order valence-electron chi connectivity index (χ3n) is 2.15. The summed E-state index contributed by atoms with van der Waals surface area (Å²) in [5.74, 6) is -3.21. The van der Waals surface area contributed by atoms with E-state index in [-0.39, 0.29) is 12.6 Å². The van der Waals surface area contributed by atoms with Gasteiger partial charge in [0, 0.05) is 13.1 Å². The number of carbonyl (C=O) groups excluding carboxylic acids is 2. The summed E-state index contributed by atoms with van der Waals surface area (Å²) in [5.41, 5.74) is 0. The van der Waals surface area contributed by atoms with Crippen molar-refractivity contribution in [3.05, 3.63) is 0 Å². The van der Waals surface area contributed by atoms with Crippen molar-refractivity contribution in [3.8, 4) is 0 Å². The Bertz CT molecular complexity index is 396. The molecule has 0 aliphatic carbocycles. The molecule has 114 valence electrons. The first-order chi connectivity index (χ1) is 9.13. The molecule has 0 spiro atoms. The fourth-order valence-electron chi connectivity index (χ4n) is 1.29. The third-order valence-corrected chi connectivity index (χ3v) is 2.15. The van der Waals surface area contributed by atoms with Gasteiger partial charge in [0.05, 0.1) is 6.42 Å². The monoisotopic (exact) mass is 289 g/mol. The largest absolute Gasteiger partial charge is 0.481 e. The van der Waals surface area contributed by atoms with Crippen molar-refractivity contribution < 1.29 is 29.4 Å². The molecule has 0 bridgehead atoms. The van der Waals surface area contributed by atoms with Crippen molar-refractivity contribution >= 4 is 23.9 Å². The molecule has 3 amide bonds. The average Bonchev–Trinajstić information content (AvgIpc) is 2.25. The first kappa shape index (κ1) is 17.7. The number of nitrogens with one attached hydrogen (secondary N) is 2. The summed E-state index contributed by atoms with van der Waals surface area (Å²) in [6.45, 7) is 3.25. The maximum absolute atomic E-state index is 11.6. The van der Waals surface area contributed by atoms with E-state index in [4.69, 9.17) is 10.2 Å². The summed E-state index contributed by atoms with van der Waals surface area (Å²) in [6, 6.07) is -2.47. The van der Waals surface area contributed by atoms with Crippen LogP contribution in [0.2, 0.25) is 0 Å². The molecule has 9 nitrogen and oxygen atoms in total. The number of rotatable bonds is 7. The lowest BCUT2D eigenvalue weighted by Gasteiger charge is -2.20. The van der Waals surface area contributed by atoms with Gasteiger partial charge in [0.2, 0.25) is 5.91 Å². The van der Waals surface area contributed by atoms with Gasteiger partial charge in [0.15, 0.2) is 0 Å². The number of hydrogen-bond donors (Lipinski definition) is 4. The van der Waals surface area contributed by atoms with Gasteiger partial charge < -0.3 is 25.7 Å². The molecule has 20 heavy (non-hydrogen) atoms. The lowest BCUT2D eigenvalue weighted by Crippen LogP contribution is -2.50. The molecule has 0 unspecified atom stereocenters. The molecule has 0 saturated carbocycles. The van der Waals surface area contributed by atoms with E-state index in [1.165, 1.54) is 7.05 Å². The van der Waals surface area contributed by atoms with Gasteiger partial charge in [-0.15, -0.1) is 0 Å². The molecular weight excluding hydrogens is 270 g/mol. The molecule has 0 saturated heterocycles. The summed E-state index contributed by atoms with van der Waals surface area (Å²) in [7, 11) is 1.30. The Morgan fingerprint density at radius 3 is 2.05 bits per heavy atom. The quantitative estimate of drug-likeness (QED) is 0.478. The van der Waals surface area contributed by atoms with Crippen LogP contribution in [0.5, 0.6) is 0 Å². The predicted molar refractivity (Wildman–Crippen MR) is 68.1 cm³/mol. The highest BCUT2D eigenvalue weighted by molar-refractivity contribution is 5.88. The lowest BCUT2D eigenvalue weighted by molar-refractivity contribution is -0.145. The summed E-state index contributed by atoms with van der Waals surface area (Å²) in [6.07, 6.45) is -0.743. The minimum atomic E-state index is -1.55. The van der Waals surface area contributed by atoms with Crippen LogP contribution >= 0.6 is 0 Å². The van der Waals surface area contributed by atoms with Gasteiger partial charge in [-0.1, -0.05) is 0 Å². The van der Waals surface area contributed by atoms with Gasteiger partial charge in [-0.2, -0.15) is 0 Å². The van der Waals surface area contributed by atoms with Crippen LogP contribution in [-0.4, -0.2) is 64.7 Å². The van der Waals surface area contributed by atoms with Crippen LogP contribution in [-0.2, 0) is 14.4 Å². The number of carboxylic acids is 2. The van der Waals surface area contributed by atoms with E-state index in [1.54, 1.807) is 13.8 Å². The SMILES string of the molecule is CC(C)NC(=O)CN(C)C(=O)N[C@H](CC(=O)O)C(=O)O. The van der Waals surface area contributed by atoms with E-state index in [9.17, 15) is 19.2 Å². The number of hydrogen-bond acceptors (Lipinski definition) is 4. The molecule has 0 aromatic heterocycles. The molecule has 0 radical (unpaired) electrons. The Kier molecular flexibility index (Phi) is 7.05. The highest BCUT2D eigenvalue weighted by atomic mass is 16.4. The van der Waals surface area contributed by atoms with Crippen molar-refractivity contribution in [2.45, 2.75) is 32.4 Å². The second kappa shape index (κ2) is 7.97. The van der Waals surface area contributed by atoms with Crippen LogP contribution in [0.15, 0.2) is 0 Å². The predicted octanol–water partition coefficient (Wildman–Crippen LogP) is -0.920. The van der Waals surface area contributed by atoms with Gasteiger partial charge in [-0.25, -0.2) is 9.59 Å². The molecule has 0 aromatic carbocycles. The summed E-state index contributed by atoms with van der Waals surface area (Å²) >= 11 is 0. The molecule has 0 fully saturated rings. The van der Waals surface area contributed by atoms with Gasteiger partial charge >= 0.3 is 18.0 Å². The lowest BCUT2D eigenvalue weighted by atomic mass is 10.2.